The molecule has 4 nitrogen and oxygen atoms in total. The van der Waals surface area contributed by atoms with E-state index >= 15 is 0 Å². The Morgan fingerprint density at radius 1 is 0.833 bits per heavy atom. The number of fused-ring (bicyclic) bond motifs is 1. The van der Waals surface area contributed by atoms with E-state index in [-0.39, 0.29) is 0 Å². The Morgan fingerprint density at radius 3 is 2.03 bits per heavy atom. The zero-order chi connectivity index (χ0) is 25.4. The number of likely N-dealkylation sites (N-methyl/N-ethyl adjacent to an activating group) is 1. The maximum absolute atomic E-state index is 5.06. The zero-order valence-electron chi connectivity index (χ0n) is 23.0. The van der Waals surface area contributed by atoms with Gasteiger partial charge in [-0.3, -0.25) is 0 Å². The Hall–Kier alpha value is -1.18. The molecule has 0 aliphatic carbocycles. The van der Waals surface area contributed by atoms with E-state index in [4.69, 9.17) is 4.98 Å². The summed E-state index contributed by atoms with van der Waals surface area (Å²) >= 11 is -0.795. The molecule has 3 aromatic rings. The summed E-state index contributed by atoms with van der Waals surface area (Å²) in [5, 5.41) is 1.38. The molecule has 6 heteroatoms. The van der Waals surface area contributed by atoms with Crippen molar-refractivity contribution in [2.45, 2.75) is 77.5 Å². The van der Waals surface area contributed by atoms with Crippen molar-refractivity contribution >= 4 is 50.8 Å². The van der Waals surface area contributed by atoms with Crippen LogP contribution in [0.5, 0.6) is 0 Å². The fourth-order valence-electron chi connectivity index (χ4n) is 5.74. The maximum atomic E-state index is 5.06. The number of pyridine rings is 1. The molecule has 1 aliphatic heterocycles. The van der Waals surface area contributed by atoms with Gasteiger partial charge in [-0.25, -0.2) is 0 Å². The predicted molar refractivity (Wildman–Crippen MR) is 162 cm³/mol. The summed E-state index contributed by atoms with van der Waals surface area (Å²) in [6.07, 6.45) is 10.1. The van der Waals surface area contributed by atoms with Gasteiger partial charge in [0.2, 0.25) is 0 Å². The molecule has 196 valence electrons. The van der Waals surface area contributed by atoms with Crippen LogP contribution in [0.25, 0.3) is 11.0 Å². The van der Waals surface area contributed by atoms with E-state index in [2.05, 4.69) is 90.3 Å². The van der Waals surface area contributed by atoms with Crippen molar-refractivity contribution in [1.29, 1.82) is 0 Å². The van der Waals surface area contributed by atoms with Gasteiger partial charge in [0.05, 0.1) is 0 Å². The van der Waals surface area contributed by atoms with Gasteiger partial charge in [-0.1, -0.05) is 0 Å². The third-order valence-electron chi connectivity index (χ3n) is 7.99. The van der Waals surface area contributed by atoms with Crippen LogP contribution in [0, 0.1) is 0 Å². The molecule has 0 unspecified atom stereocenters. The number of hydrogen-bond acceptors (Lipinski definition) is 4. The predicted octanol–water partition coefficient (Wildman–Crippen LogP) is 7.40. The van der Waals surface area contributed by atoms with Gasteiger partial charge in [0.15, 0.2) is 0 Å². The van der Waals surface area contributed by atoms with E-state index < -0.39 is 18.4 Å². The van der Waals surface area contributed by atoms with Crippen molar-refractivity contribution in [1.82, 2.24) is 13.9 Å². The summed E-state index contributed by atoms with van der Waals surface area (Å²) in [6.45, 7) is 11.6. The number of unbranched alkanes of at least 4 members (excludes halogenated alkanes) is 3. The van der Waals surface area contributed by atoms with Crippen LogP contribution in [-0.2, 0) is 0 Å². The standard InChI is InChI=1S/C18H19N4S.3C4H9.Sn/c1-20-11-13-21(14-12-20)17-7-9-19-18-16(17)8-10-22(18)23-15-5-3-2-4-6-15;3*1-3-4-2;/h2-9H,11-14H2,1H3;3*1,3-4H2,2H3;. The monoisotopic (exact) mass is 614 g/mol. The summed E-state index contributed by atoms with van der Waals surface area (Å²) in [6, 6.07) is 15.9. The SMILES string of the molecule is CCC[CH2][Sn]([CH2]CCC)([CH2]CCC)[c]1cc2c(N3CCN(C)CC3)ccnc2n1Sc1ccccc1. The van der Waals surface area contributed by atoms with Gasteiger partial charge in [0, 0.05) is 0 Å². The molecule has 0 spiro atoms. The molecule has 0 amide bonds. The molecule has 36 heavy (non-hydrogen) atoms. The molecule has 1 fully saturated rings. The normalized spacial score (nSPS) is 15.2. The first-order valence-electron chi connectivity index (χ1n) is 14.3. The molecule has 2 aromatic heterocycles. The average molecular weight is 614 g/mol. The van der Waals surface area contributed by atoms with Gasteiger partial charge in [-0.2, -0.15) is 0 Å². The number of rotatable bonds is 13. The third-order valence-corrected chi connectivity index (χ3v) is 24.9. The molecular weight excluding hydrogens is 567 g/mol. The van der Waals surface area contributed by atoms with Gasteiger partial charge >= 0.3 is 229 Å². The second-order valence-electron chi connectivity index (χ2n) is 10.7. The van der Waals surface area contributed by atoms with E-state index in [0.29, 0.717) is 0 Å². The molecule has 3 heterocycles. The quantitative estimate of drug-likeness (QED) is 0.188. The van der Waals surface area contributed by atoms with Gasteiger partial charge in [-0.15, -0.1) is 0 Å². The number of aromatic nitrogens is 2. The second-order valence-corrected chi connectivity index (χ2v) is 24.7. The first kappa shape index (κ1) is 27.8. The molecule has 1 aliphatic rings. The van der Waals surface area contributed by atoms with Crippen LogP contribution in [0.2, 0.25) is 13.3 Å². The number of nitrogens with zero attached hydrogens (tertiary/aromatic N) is 4. The minimum atomic E-state index is -2.71. The van der Waals surface area contributed by atoms with Crippen LogP contribution in [0.4, 0.5) is 5.69 Å². The van der Waals surface area contributed by atoms with Crippen LogP contribution in [0.15, 0.2) is 53.6 Å². The first-order chi connectivity index (χ1) is 17.6. The molecule has 0 bridgehead atoms. The van der Waals surface area contributed by atoms with Crippen LogP contribution in [-0.4, -0.2) is 65.5 Å². The van der Waals surface area contributed by atoms with Crippen LogP contribution >= 0.6 is 11.9 Å². The van der Waals surface area contributed by atoms with Gasteiger partial charge in [0.1, 0.15) is 0 Å². The molecule has 1 aromatic carbocycles. The molecule has 0 saturated carbocycles. The van der Waals surface area contributed by atoms with E-state index in [1.165, 1.54) is 73.5 Å². The van der Waals surface area contributed by atoms with Gasteiger partial charge in [-0.05, 0) is 0 Å². The van der Waals surface area contributed by atoms with E-state index in [1.54, 1.807) is 3.71 Å². The molecule has 0 radical (unpaired) electrons. The topological polar surface area (TPSA) is 24.3 Å². The fourth-order valence-corrected chi connectivity index (χ4v) is 24.3. The molecular formula is C30H46N4SSn. The summed E-state index contributed by atoms with van der Waals surface area (Å²) in [5.41, 5.74) is 2.57. The minimum absolute atomic E-state index is 1.10. The van der Waals surface area contributed by atoms with Crippen molar-refractivity contribution in [3.05, 3.63) is 48.7 Å². The average Bonchev–Trinajstić information content (AvgIpc) is 3.28. The molecule has 4 rings (SSSR count). The molecule has 1 saturated heterocycles. The van der Waals surface area contributed by atoms with Crippen molar-refractivity contribution in [3.63, 3.8) is 0 Å². The summed E-state index contributed by atoms with van der Waals surface area (Å²) in [7, 11) is 2.24. The Morgan fingerprint density at radius 2 is 1.44 bits per heavy atom. The van der Waals surface area contributed by atoms with Crippen LogP contribution in [0.3, 0.4) is 0 Å². The Labute approximate surface area is 227 Å². The van der Waals surface area contributed by atoms with Crippen LogP contribution < -0.4 is 8.61 Å². The number of hydrogen-bond donors (Lipinski definition) is 0. The van der Waals surface area contributed by atoms with E-state index in [1.807, 2.05) is 11.9 Å². The summed E-state index contributed by atoms with van der Waals surface area (Å²) < 4.78 is 8.74. The third kappa shape index (κ3) is 6.44. The van der Waals surface area contributed by atoms with Crippen molar-refractivity contribution < 1.29 is 0 Å². The van der Waals surface area contributed by atoms with E-state index in [9.17, 15) is 0 Å². The van der Waals surface area contributed by atoms with Gasteiger partial charge in [0.25, 0.3) is 0 Å². The van der Waals surface area contributed by atoms with Crippen molar-refractivity contribution in [2.75, 3.05) is 38.1 Å². The Kier molecular flexibility index (Phi) is 10.5. The summed E-state index contributed by atoms with van der Waals surface area (Å²) in [4.78, 5) is 11.4. The molecule has 0 atom stereocenters. The van der Waals surface area contributed by atoms with Crippen molar-refractivity contribution in [2.24, 2.45) is 0 Å². The Bertz CT molecular complexity index is 1050. The van der Waals surface area contributed by atoms with E-state index in [0.717, 1.165) is 26.2 Å². The summed E-state index contributed by atoms with van der Waals surface area (Å²) in [5.74, 6) is 0. The molecule has 0 N–H and O–H groups in total. The Balaban J connectivity index is 1.89. The zero-order valence-corrected chi connectivity index (χ0v) is 26.7. The number of piperazine rings is 1. The number of anilines is 1. The van der Waals surface area contributed by atoms with Gasteiger partial charge < -0.3 is 0 Å². The number of benzene rings is 1. The van der Waals surface area contributed by atoms with Crippen LogP contribution in [0.1, 0.15) is 59.3 Å². The second kappa shape index (κ2) is 13.6. The first-order valence-corrected chi connectivity index (χ1v) is 22.5. The van der Waals surface area contributed by atoms with Crippen molar-refractivity contribution in [3.8, 4) is 0 Å². The fraction of sp³-hybridized carbons (Fsp3) is 0.567.